The van der Waals surface area contributed by atoms with E-state index < -0.39 is 5.91 Å². The van der Waals surface area contributed by atoms with Gasteiger partial charge in [0.1, 0.15) is 0 Å². The second kappa shape index (κ2) is 5.54. The van der Waals surface area contributed by atoms with Gasteiger partial charge in [-0.1, -0.05) is 0 Å². The number of methoxy groups -OCH3 is 1. The minimum Gasteiger partial charge on any atom is -0.469 e. The van der Waals surface area contributed by atoms with Crippen molar-refractivity contribution in [2.75, 3.05) is 7.11 Å². The molecule has 12 heavy (non-hydrogen) atoms. The van der Waals surface area contributed by atoms with Gasteiger partial charge < -0.3 is 16.2 Å². The first kappa shape index (κ1) is 10.9. The number of nitrogens with two attached hydrogens (primary N) is 2. The number of esters is 1. The van der Waals surface area contributed by atoms with Gasteiger partial charge in [-0.3, -0.25) is 9.59 Å². The number of carbonyl (C=O) groups excluding carboxylic acids is 2. The predicted octanol–water partition coefficient (Wildman–Crippen LogP) is -0.858. The van der Waals surface area contributed by atoms with Crippen molar-refractivity contribution in [3.8, 4) is 0 Å². The Kier molecular flexibility index (Phi) is 5.03. The molecule has 0 saturated carbocycles. The molecule has 0 aliphatic heterocycles. The molecule has 4 N–H and O–H groups in total. The van der Waals surface area contributed by atoms with Gasteiger partial charge in [0.25, 0.3) is 0 Å². The fourth-order valence-corrected chi connectivity index (χ4v) is 0.766. The molecule has 0 aliphatic carbocycles. The molecule has 0 aliphatic rings. The van der Waals surface area contributed by atoms with E-state index in [2.05, 4.69) is 4.74 Å². The van der Waals surface area contributed by atoms with Gasteiger partial charge >= 0.3 is 5.97 Å². The van der Waals surface area contributed by atoms with Crippen LogP contribution in [0.2, 0.25) is 0 Å². The molecule has 5 nitrogen and oxygen atoms in total. The largest absolute Gasteiger partial charge is 0.469 e. The number of carbonyl (C=O) groups is 2. The number of hydrogen-bond donors (Lipinski definition) is 2. The Labute approximate surface area is 71.0 Å². The van der Waals surface area contributed by atoms with Crippen LogP contribution in [-0.4, -0.2) is 25.0 Å². The van der Waals surface area contributed by atoms with E-state index in [9.17, 15) is 9.59 Å². The molecular weight excluding hydrogens is 160 g/mol. The summed E-state index contributed by atoms with van der Waals surface area (Å²) < 4.78 is 4.39. The molecule has 0 aromatic heterocycles. The minimum absolute atomic E-state index is 0.108. The summed E-state index contributed by atoms with van der Waals surface area (Å²) in [5, 5.41) is 0. The van der Waals surface area contributed by atoms with E-state index in [1.165, 1.54) is 7.11 Å². The molecule has 0 heterocycles. The monoisotopic (exact) mass is 174 g/mol. The summed E-state index contributed by atoms with van der Waals surface area (Å²) in [5.41, 5.74) is 10.4. The maximum atomic E-state index is 10.6. The van der Waals surface area contributed by atoms with Crippen molar-refractivity contribution < 1.29 is 14.3 Å². The van der Waals surface area contributed by atoms with Gasteiger partial charge in [-0.15, -0.1) is 0 Å². The van der Waals surface area contributed by atoms with Crippen molar-refractivity contribution in [3.63, 3.8) is 0 Å². The number of primary amides is 1. The Morgan fingerprint density at radius 3 is 2.50 bits per heavy atom. The van der Waals surface area contributed by atoms with E-state index in [-0.39, 0.29) is 24.9 Å². The molecule has 0 radical (unpaired) electrons. The average Bonchev–Trinajstić information content (AvgIpc) is 1.99. The predicted molar refractivity (Wildman–Crippen MR) is 43.0 cm³/mol. The Balaban J connectivity index is 3.50. The van der Waals surface area contributed by atoms with Crippen molar-refractivity contribution in [2.45, 2.75) is 25.3 Å². The van der Waals surface area contributed by atoms with E-state index in [0.29, 0.717) is 6.42 Å². The Morgan fingerprint density at radius 1 is 1.50 bits per heavy atom. The van der Waals surface area contributed by atoms with Crippen LogP contribution in [0.4, 0.5) is 0 Å². The quantitative estimate of drug-likeness (QED) is 0.530. The highest BCUT2D eigenvalue weighted by atomic mass is 16.5. The Morgan fingerprint density at radius 2 is 2.08 bits per heavy atom. The summed E-state index contributed by atoms with van der Waals surface area (Å²) >= 11 is 0. The summed E-state index contributed by atoms with van der Waals surface area (Å²) in [6.45, 7) is 0. The van der Waals surface area contributed by atoms with E-state index in [0.717, 1.165) is 0 Å². The lowest BCUT2D eigenvalue weighted by Crippen LogP contribution is -2.28. The summed E-state index contributed by atoms with van der Waals surface area (Å²) in [4.78, 5) is 21.0. The number of hydrogen-bond acceptors (Lipinski definition) is 4. The number of rotatable bonds is 5. The molecule has 1 unspecified atom stereocenters. The molecule has 0 fully saturated rings. The normalized spacial score (nSPS) is 12.2. The van der Waals surface area contributed by atoms with Crippen molar-refractivity contribution in [1.29, 1.82) is 0 Å². The van der Waals surface area contributed by atoms with Crippen LogP contribution >= 0.6 is 0 Å². The van der Waals surface area contributed by atoms with Crippen molar-refractivity contribution >= 4 is 11.9 Å². The van der Waals surface area contributed by atoms with Gasteiger partial charge in [-0.25, -0.2) is 0 Å². The van der Waals surface area contributed by atoms with Crippen LogP contribution in [0.3, 0.4) is 0 Å². The Bertz CT molecular complexity index is 170. The molecule has 0 aromatic rings. The lowest BCUT2D eigenvalue weighted by molar-refractivity contribution is -0.141. The van der Waals surface area contributed by atoms with Crippen LogP contribution in [-0.2, 0) is 14.3 Å². The zero-order chi connectivity index (χ0) is 9.56. The second-order valence-corrected chi connectivity index (χ2v) is 2.55. The molecule has 0 rings (SSSR count). The third-order valence-electron chi connectivity index (χ3n) is 1.41. The van der Waals surface area contributed by atoms with Gasteiger partial charge in [-0.2, -0.15) is 0 Å². The van der Waals surface area contributed by atoms with Crippen LogP contribution in [0.15, 0.2) is 0 Å². The summed E-state index contributed by atoms with van der Waals surface area (Å²) in [7, 11) is 1.31. The molecule has 0 spiro atoms. The molecule has 1 atom stereocenters. The summed E-state index contributed by atoms with van der Waals surface area (Å²) in [6, 6.07) is -0.346. The zero-order valence-electron chi connectivity index (χ0n) is 7.08. The van der Waals surface area contributed by atoms with Gasteiger partial charge in [0.15, 0.2) is 0 Å². The number of ether oxygens (including phenoxy) is 1. The molecule has 5 heteroatoms. The minimum atomic E-state index is -0.452. The maximum absolute atomic E-state index is 10.6. The average molecular weight is 174 g/mol. The molecule has 1 amide bonds. The number of amides is 1. The van der Waals surface area contributed by atoms with E-state index in [4.69, 9.17) is 11.5 Å². The summed E-state index contributed by atoms with van der Waals surface area (Å²) in [5.74, 6) is -0.776. The highest BCUT2D eigenvalue weighted by Crippen LogP contribution is 1.99. The molecule has 0 saturated heterocycles. The van der Waals surface area contributed by atoms with Crippen LogP contribution in [0.25, 0.3) is 0 Å². The van der Waals surface area contributed by atoms with Crippen molar-refractivity contribution in [3.05, 3.63) is 0 Å². The lowest BCUT2D eigenvalue weighted by Gasteiger charge is -2.07. The second-order valence-electron chi connectivity index (χ2n) is 2.55. The van der Waals surface area contributed by atoms with Crippen molar-refractivity contribution in [1.82, 2.24) is 0 Å². The highest BCUT2D eigenvalue weighted by Gasteiger charge is 2.09. The molecule has 0 aromatic carbocycles. The van der Waals surface area contributed by atoms with Crippen LogP contribution < -0.4 is 11.5 Å². The standard InChI is InChI=1S/C7H14N2O3/c1-12-7(11)3-2-5(8)4-6(9)10/h5H,2-4,8H2,1H3,(H2,9,10). The topological polar surface area (TPSA) is 95.4 Å². The van der Waals surface area contributed by atoms with Gasteiger partial charge in [-0.05, 0) is 6.42 Å². The molecule has 70 valence electrons. The van der Waals surface area contributed by atoms with Gasteiger partial charge in [0, 0.05) is 18.9 Å². The third kappa shape index (κ3) is 5.67. The van der Waals surface area contributed by atoms with E-state index in [1.807, 2.05) is 0 Å². The fourth-order valence-electron chi connectivity index (χ4n) is 0.766. The zero-order valence-corrected chi connectivity index (χ0v) is 7.08. The molecule has 0 bridgehead atoms. The van der Waals surface area contributed by atoms with E-state index in [1.54, 1.807) is 0 Å². The van der Waals surface area contributed by atoms with Crippen molar-refractivity contribution in [2.24, 2.45) is 11.5 Å². The SMILES string of the molecule is COC(=O)CCC(N)CC(N)=O. The first-order valence-corrected chi connectivity index (χ1v) is 3.67. The van der Waals surface area contributed by atoms with Crippen LogP contribution in [0.1, 0.15) is 19.3 Å². The molecular formula is C7H14N2O3. The first-order chi connectivity index (χ1) is 5.56. The Hall–Kier alpha value is -1.10. The van der Waals surface area contributed by atoms with Crippen LogP contribution in [0.5, 0.6) is 0 Å². The third-order valence-corrected chi connectivity index (χ3v) is 1.41. The van der Waals surface area contributed by atoms with E-state index >= 15 is 0 Å². The first-order valence-electron chi connectivity index (χ1n) is 3.67. The summed E-state index contributed by atoms with van der Waals surface area (Å²) in [6.07, 6.45) is 0.761. The fraction of sp³-hybridized carbons (Fsp3) is 0.714. The van der Waals surface area contributed by atoms with Gasteiger partial charge in [0.2, 0.25) is 5.91 Å². The lowest BCUT2D eigenvalue weighted by atomic mass is 10.1. The van der Waals surface area contributed by atoms with Crippen LogP contribution in [0, 0.1) is 0 Å². The smallest absolute Gasteiger partial charge is 0.305 e. The highest BCUT2D eigenvalue weighted by molar-refractivity contribution is 5.74. The maximum Gasteiger partial charge on any atom is 0.305 e. The van der Waals surface area contributed by atoms with Gasteiger partial charge in [0.05, 0.1) is 7.11 Å².